The Bertz CT molecular complexity index is 223. The summed E-state index contributed by atoms with van der Waals surface area (Å²) in [5, 5.41) is 8.24. The number of amidine groups is 2. The summed E-state index contributed by atoms with van der Waals surface area (Å²) in [6, 6.07) is 0. The number of ether oxygens (including phenoxy) is 1. The second-order valence-corrected chi connectivity index (χ2v) is 4.71. The van der Waals surface area contributed by atoms with Gasteiger partial charge in [0.25, 0.3) is 0 Å². The molecule has 0 aromatic heterocycles. The molecule has 0 unspecified atom stereocenters. The average molecular weight is 232 g/mol. The molecule has 2 aliphatic rings. The first-order valence-corrected chi connectivity index (χ1v) is 6.04. The molecule has 2 rings (SSSR count). The van der Waals surface area contributed by atoms with Gasteiger partial charge in [0, 0.05) is 0 Å². The van der Waals surface area contributed by atoms with E-state index in [0.717, 1.165) is 36.4 Å². The number of nitrogens with zero attached hydrogens (tertiary/aromatic N) is 2. The molecule has 1 saturated heterocycles. The molecule has 12 heavy (non-hydrogen) atoms. The molecule has 0 aliphatic carbocycles. The normalized spacial score (nSPS) is 24.5. The van der Waals surface area contributed by atoms with Gasteiger partial charge in [-0.3, -0.25) is 0 Å². The first-order valence-electron chi connectivity index (χ1n) is 3.98. The molecule has 0 radical (unpaired) electrons. The van der Waals surface area contributed by atoms with Crippen molar-refractivity contribution in [3.63, 3.8) is 0 Å². The summed E-state index contributed by atoms with van der Waals surface area (Å²) in [6.45, 7) is 3.52. The van der Waals surface area contributed by atoms with Crippen LogP contribution in [0.3, 0.4) is 0 Å². The standard InChI is InChI=1S/C7H11N3OSe/c8-6-5-12-7(9-6)10-1-3-11-4-2-10/h8H,1-5H2. The Balaban J connectivity index is 1.99. The number of hydrogen-bond acceptors (Lipinski definition) is 3. The molecule has 66 valence electrons. The molecule has 0 amide bonds. The van der Waals surface area contributed by atoms with Gasteiger partial charge in [-0.05, 0) is 0 Å². The molecule has 0 aromatic carbocycles. The van der Waals surface area contributed by atoms with Gasteiger partial charge in [-0.25, -0.2) is 0 Å². The summed E-state index contributed by atoms with van der Waals surface area (Å²) in [6.07, 6.45) is 0. The van der Waals surface area contributed by atoms with Crippen LogP contribution >= 0.6 is 0 Å². The third-order valence-corrected chi connectivity index (χ3v) is 4.00. The zero-order valence-corrected chi connectivity index (χ0v) is 8.46. The first kappa shape index (κ1) is 8.23. The van der Waals surface area contributed by atoms with Crippen LogP contribution in [0.2, 0.25) is 5.32 Å². The molecule has 0 saturated carbocycles. The van der Waals surface area contributed by atoms with Crippen LogP contribution in [0.4, 0.5) is 0 Å². The van der Waals surface area contributed by atoms with E-state index in [1.165, 1.54) is 0 Å². The fourth-order valence-corrected chi connectivity index (χ4v) is 3.06. The van der Waals surface area contributed by atoms with Gasteiger partial charge in [0.15, 0.2) is 0 Å². The monoisotopic (exact) mass is 233 g/mol. The van der Waals surface area contributed by atoms with Gasteiger partial charge in [0.1, 0.15) is 0 Å². The summed E-state index contributed by atoms with van der Waals surface area (Å²) < 4.78 is 6.39. The third-order valence-electron chi connectivity index (χ3n) is 1.85. The van der Waals surface area contributed by atoms with Gasteiger partial charge in [-0.2, -0.15) is 0 Å². The molecule has 0 spiro atoms. The van der Waals surface area contributed by atoms with E-state index in [4.69, 9.17) is 10.1 Å². The molecule has 2 aliphatic heterocycles. The second-order valence-electron chi connectivity index (χ2n) is 2.73. The van der Waals surface area contributed by atoms with E-state index in [0.29, 0.717) is 20.8 Å². The van der Waals surface area contributed by atoms with Crippen LogP contribution in [0.5, 0.6) is 0 Å². The Kier molecular flexibility index (Phi) is 2.44. The molecule has 0 atom stereocenters. The van der Waals surface area contributed by atoms with E-state index in [2.05, 4.69) is 9.89 Å². The Labute approximate surface area is 77.7 Å². The summed E-state index contributed by atoms with van der Waals surface area (Å²) in [5.74, 6) is 0.552. The fourth-order valence-electron chi connectivity index (χ4n) is 1.23. The summed E-state index contributed by atoms with van der Waals surface area (Å²) >= 11 is 0.411. The van der Waals surface area contributed by atoms with E-state index in [1.54, 1.807) is 0 Å². The SMILES string of the molecule is N=C1C[Se]C(N2CCOCC2)=N1. The molecular formula is C7H11N3OSe. The number of morpholine rings is 1. The maximum atomic E-state index is 7.37. The van der Waals surface area contributed by atoms with Gasteiger partial charge in [0.2, 0.25) is 0 Å². The third kappa shape index (κ3) is 1.68. The topological polar surface area (TPSA) is 48.7 Å². The van der Waals surface area contributed by atoms with Gasteiger partial charge < -0.3 is 0 Å². The summed E-state index contributed by atoms with van der Waals surface area (Å²) in [4.78, 5) is 6.47. The van der Waals surface area contributed by atoms with Crippen molar-refractivity contribution in [3.8, 4) is 0 Å². The van der Waals surface area contributed by atoms with Crippen molar-refractivity contribution in [1.29, 1.82) is 5.41 Å². The molecular weight excluding hydrogens is 221 g/mol. The van der Waals surface area contributed by atoms with Crippen molar-refractivity contribution >= 4 is 25.5 Å². The molecule has 5 heteroatoms. The zero-order chi connectivity index (χ0) is 8.39. The van der Waals surface area contributed by atoms with Gasteiger partial charge in [-0.1, -0.05) is 0 Å². The van der Waals surface area contributed by atoms with E-state index >= 15 is 0 Å². The second kappa shape index (κ2) is 3.56. The molecule has 0 aromatic rings. The molecule has 2 heterocycles. The number of aliphatic imine (C=N–C) groups is 1. The van der Waals surface area contributed by atoms with Gasteiger partial charge in [0.05, 0.1) is 0 Å². The summed E-state index contributed by atoms with van der Waals surface area (Å²) in [7, 11) is 0. The molecule has 4 nitrogen and oxygen atoms in total. The number of hydrogen-bond donors (Lipinski definition) is 1. The van der Waals surface area contributed by atoms with Crippen LogP contribution in [0.15, 0.2) is 4.99 Å². The van der Waals surface area contributed by atoms with E-state index in [-0.39, 0.29) is 0 Å². The Morgan fingerprint density at radius 3 is 2.75 bits per heavy atom. The van der Waals surface area contributed by atoms with E-state index in [9.17, 15) is 0 Å². The van der Waals surface area contributed by atoms with Crippen LogP contribution in [0.25, 0.3) is 0 Å². The minimum absolute atomic E-state index is 0.411. The predicted octanol–water partition coefficient (Wildman–Crippen LogP) is -0.212. The van der Waals surface area contributed by atoms with Crippen molar-refractivity contribution in [2.75, 3.05) is 26.3 Å². The van der Waals surface area contributed by atoms with Gasteiger partial charge >= 0.3 is 77.2 Å². The first-order chi connectivity index (χ1) is 5.86. The van der Waals surface area contributed by atoms with Crippen LogP contribution in [-0.4, -0.2) is 56.7 Å². The Hall–Kier alpha value is -0.381. The van der Waals surface area contributed by atoms with Crippen LogP contribution < -0.4 is 0 Å². The molecule has 0 bridgehead atoms. The minimum atomic E-state index is 0.411. The molecule has 1 fully saturated rings. The fraction of sp³-hybridized carbons (Fsp3) is 0.714. The Morgan fingerprint density at radius 1 is 1.42 bits per heavy atom. The van der Waals surface area contributed by atoms with Crippen LogP contribution in [-0.2, 0) is 4.74 Å². The quantitative estimate of drug-likeness (QED) is 0.587. The van der Waals surface area contributed by atoms with Crippen molar-refractivity contribution < 1.29 is 4.74 Å². The van der Waals surface area contributed by atoms with Gasteiger partial charge in [-0.15, -0.1) is 0 Å². The predicted molar refractivity (Wildman–Crippen MR) is 48.1 cm³/mol. The molecule has 1 N–H and O–H groups in total. The van der Waals surface area contributed by atoms with Crippen molar-refractivity contribution in [2.24, 2.45) is 4.99 Å². The van der Waals surface area contributed by atoms with Crippen molar-refractivity contribution in [3.05, 3.63) is 0 Å². The Morgan fingerprint density at radius 2 is 2.17 bits per heavy atom. The summed E-state index contributed by atoms with van der Waals surface area (Å²) in [5.41, 5.74) is 0. The van der Waals surface area contributed by atoms with Crippen molar-refractivity contribution in [2.45, 2.75) is 5.32 Å². The van der Waals surface area contributed by atoms with Crippen molar-refractivity contribution in [1.82, 2.24) is 4.90 Å². The van der Waals surface area contributed by atoms with E-state index in [1.807, 2.05) is 0 Å². The van der Waals surface area contributed by atoms with Crippen LogP contribution in [0.1, 0.15) is 0 Å². The van der Waals surface area contributed by atoms with Crippen LogP contribution in [0, 0.1) is 5.41 Å². The number of nitrogens with one attached hydrogen (secondary N) is 1. The number of rotatable bonds is 0. The average Bonchev–Trinajstić information content (AvgIpc) is 2.54. The van der Waals surface area contributed by atoms with E-state index < -0.39 is 0 Å². The zero-order valence-electron chi connectivity index (χ0n) is 6.75. The maximum absolute atomic E-state index is 7.37.